The molecule has 8 heteroatoms. The van der Waals surface area contributed by atoms with Crippen LogP contribution in [0.2, 0.25) is 0 Å². The highest BCUT2D eigenvalue weighted by atomic mass is 16.5. The van der Waals surface area contributed by atoms with Gasteiger partial charge >= 0.3 is 5.97 Å². The molecule has 0 fully saturated rings. The predicted molar refractivity (Wildman–Crippen MR) is 84.9 cm³/mol. The van der Waals surface area contributed by atoms with Crippen LogP contribution in [0.3, 0.4) is 0 Å². The Morgan fingerprint density at radius 3 is 2.79 bits per heavy atom. The maximum absolute atomic E-state index is 12.0. The number of hydrogen-bond donors (Lipinski definition) is 2. The zero-order chi connectivity index (χ0) is 17.6. The number of amides is 1. The van der Waals surface area contributed by atoms with Gasteiger partial charge in [-0.3, -0.25) is 14.6 Å². The molecule has 0 unspecified atom stereocenters. The van der Waals surface area contributed by atoms with Crippen LogP contribution in [0.5, 0.6) is 0 Å². The number of aromatic nitrogens is 3. The number of hydrogen-bond acceptors (Lipinski definition) is 6. The number of carbonyl (C=O) groups excluding carboxylic acids is 1. The number of nitrogens with one attached hydrogen (secondary N) is 1. The minimum atomic E-state index is -0.948. The number of carbonyl (C=O) groups is 2. The number of carboxylic acid groups (broad SMARTS) is 1. The minimum Gasteiger partial charge on any atom is -0.481 e. The van der Waals surface area contributed by atoms with E-state index in [4.69, 9.17) is 9.63 Å². The summed E-state index contributed by atoms with van der Waals surface area (Å²) in [6.07, 6.45) is 2.44. The van der Waals surface area contributed by atoms with Gasteiger partial charge in [0.05, 0.1) is 6.42 Å². The second-order valence-electron chi connectivity index (χ2n) is 5.76. The smallest absolute Gasteiger partial charge is 0.305 e. The molecule has 24 heavy (non-hydrogen) atoms. The van der Waals surface area contributed by atoms with Crippen LogP contribution >= 0.6 is 0 Å². The Morgan fingerprint density at radius 1 is 1.38 bits per heavy atom. The quantitative estimate of drug-likeness (QED) is 0.757. The fourth-order valence-electron chi connectivity index (χ4n) is 2.17. The third-order valence-electron chi connectivity index (χ3n) is 3.69. The Bertz CT molecular complexity index is 701. The van der Waals surface area contributed by atoms with Gasteiger partial charge in [-0.05, 0) is 25.5 Å². The van der Waals surface area contributed by atoms with Crippen LogP contribution in [0.1, 0.15) is 39.0 Å². The highest BCUT2D eigenvalue weighted by molar-refractivity contribution is 5.78. The maximum Gasteiger partial charge on any atom is 0.305 e. The summed E-state index contributed by atoms with van der Waals surface area (Å²) in [6, 6.07) is 5.37. The van der Waals surface area contributed by atoms with E-state index in [-0.39, 0.29) is 25.2 Å². The summed E-state index contributed by atoms with van der Waals surface area (Å²) in [5, 5.41) is 15.5. The fourth-order valence-corrected chi connectivity index (χ4v) is 2.17. The van der Waals surface area contributed by atoms with Crippen LogP contribution in [0.25, 0.3) is 11.5 Å². The van der Waals surface area contributed by atoms with Gasteiger partial charge < -0.3 is 14.9 Å². The van der Waals surface area contributed by atoms with Crippen molar-refractivity contribution in [1.29, 1.82) is 0 Å². The number of pyridine rings is 1. The Morgan fingerprint density at radius 2 is 2.17 bits per heavy atom. The molecule has 128 valence electrons. The third kappa shape index (κ3) is 4.87. The van der Waals surface area contributed by atoms with Crippen LogP contribution in [-0.4, -0.2) is 37.6 Å². The first kappa shape index (κ1) is 17.6. The summed E-state index contributed by atoms with van der Waals surface area (Å²) in [4.78, 5) is 31.3. The summed E-state index contributed by atoms with van der Waals surface area (Å²) in [6.45, 7) is 3.55. The van der Waals surface area contributed by atoms with E-state index < -0.39 is 11.5 Å². The minimum absolute atomic E-state index is 0.125. The highest BCUT2D eigenvalue weighted by Gasteiger charge is 2.27. The van der Waals surface area contributed by atoms with Gasteiger partial charge in [-0.1, -0.05) is 18.1 Å². The molecule has 2 heterocycles. The van der Waals surface area contributed by atoms with E-state index in [1.165, 1.54) is 0 Å². The molecule has 0 spiro atoms. The molecule has 8 nitrogen and oxygen atoms in total. The van der Waals surface area contributed by atoms with Gasteiger partial charge in [-0.25, -0.2) is 0 Å². The van der Waals surface area contributed by atoms with E-state index in [0.29, 0.717) is 23.8 Å². The second-order valence-corrected chi connectivity index (χ2v) is 5.76. The van der Waals surface area contributed by atoms with Gasteiger partial charge in [0.1, 0.15) is 5.69 Å². The predicted octanol–water partition coefficient (Wildman–Crippen LogP) is 1.82. The van der Waals surface area contributed by atoms with Crippen molar-refractivity contribution in [3.8, 4) is 11.5 Å². The molecule has 2 N–H and O–H groups in total. The van der Waals surface area contributed by atoms with E-state index in [9.17, 15) is 9.59 Å². The van der Waals surface area contributed by atoms with E-state index in [2.05, 4.69) is 20.4 Å². The van der Waals surface area contributed by atoms with Crippen LogP contribution in [-0.2, 0) is 16.0 Å². The van der Waals surface area contributed by atoms with Gasteiger partial charge in [-0.2, -0.15) is 4.98 Å². The van der Waals surface area contributed by atoms with Gasteiger partial charge in [0.15, 0.2) is 0 Å². The molecule has 1 amide bonds. The number of aryl methyl sites for hydroxylation is 1. The lowest BCUT2D eigenvalue weighted by atomic mass is 9.94. The van der Waals surface area contributed by atoms with E-state index >= 15 is 0 Å². The Hall–Kier alpha value is -2.77. The summed E-state index contributed by atoms with van der Waals surface area (Å²) in [7, 11) is 0. The van der Waals surface area contributed by atoms with Crippen LogP contribution < -0.4 is 5.32 Å². The molecule has 2 aromatic rings. The average Bonchev–Trinajstić information content (AvgIpc) is 3.02. The zero-order valence-electron chi connectivity index (χ0n) is 13.7. The van der Waals surface area contributed by atoms with E-state index in [1.807, 2.05) is 13.0 Å². The van der Waals surface area contributed by atoms with Crippen LogP contribution in [0.15, 0.2) is 28.9 Å². The first-order chi connectivity index (χ1) is 11.4. The number of aliphatic carboxylic acids is 1. The lowest BCUT2D eigenvalue weighted by molar-refractivity contribution is -0.139. The molecule has 2 rings (SSSR count). The molecule has 0 aliphatic carbocycles. The van der Waals surface area contributed by atoms with Crippen molar-refractivity contribution in [2.24, 2.45) is 0 Å². The first-order valence-electron chi connectivity index (χ1n) is 7.68. The van der Waals surface area contributed by atoms with Crippen LogP contribution in [0.4, 0.5) is 0 Å². The molecular weight excluding hydrogens is 312 g/mol. The lowest BCUT2D eigenvalue weighted by Crippen LogP contribution is -2.47. The summed E-state index contributed by atoms with van der Waals surface area (Å²) in [5.41, 5.74) is -0.173. The summed E-state index contributed by atoms with van der Waals surface area (Å²) < 4.78 is 5.12. The van der Waals surface area contributed by atoms with Crippen LogP contribution in [0, 0.1) is 0 Å². The molecule has 0 saturated heterocycles. The topological polar surface area (TPSA) is 118 Å². The molecule has 1 atom stereocenters. The van der Waals surface area contributed by atoms with Crippen molar-refractivity contribution < 1.29 is 19.2 Å². The monoisotopic (exact) mass is 332 g/mol. The van der Waals surface area contributed by atoms with Gasteiger partial charge in [-0.15, -0.1) is 0 Å². The second kappa shape index (κ2) is 7.67. The van der Waals surface area contributed by atoms with Crippen molar-refractivity contribution in [2.45, 2.75) is 45.1 Å². The molecule has 0 bridgehead atoms. The molecule has 0 saturated carbocycles. The number of rotatable bonds is 8. The molecule has 2 aromatic heterocycles. The lowest BCUT2D eigenvalue weighted by Gasteiger charge is -2.27. The summed E-state index contributed by atoms with van der Waals surface area (Å²) in [5.74, 6) is -0.493. The first-order valence-corrected chi connectivity index (χ1v) is 7.68. The normalized spacial score (nSPS) is 13.2. The third-order valence-corrected chi connectivity index (χ3v) is 3.69. The van der Waals surface area contributed by atoms with Crippen molar-refractivity contribution in [2.75, 3.05) is 0 Å². The van der Waals surface area contributed by atoms with E-state index in [1.54, 1.807) is 25.3 Å². The Balaban J connectivity index is 1.90. The number of nitrogens with zero attached hydrogens (tertiary/aromatic N) is 3. The molecule has 0 aliphatic rings. The fraction of sp³-hybridized carbons (Fsp3) is 0.438. The molecule has 0 aromatic carbocycles. The number of carboxylic acids is 1. The standard InChI is InChI=1S/C16H20N4O4/c1-3-16(2,10-14(22)23)19-12(21)7-8-13-18-15(20-24-13)11-6-4-5-9-17-11/h4-6,9H,3,7-8,10H2,1-2H3,(H,19,21)(H,22,23)/t16-/m1/s1. The van der Waals surface area contributed by atoms with Crippen molar-refractivity contribution in [3.63, 3.8) is 0 Å². The maximum atomic E-state index is 12.0. The Labute approximate surface area is 139 Å². The molecule has 0 aliphatic heterocycles. The van der Waals surface area contributed by atoms with Crippen molar-refractivity contribution in [1.82, 2.24) is 20.4 Å². The average molecular weight is 332 g/mol. The summed E-state index contributed by atoms with van der Waals surface area (Å²) >= 11 is 0. The molecule has 0 radical (unpaired) electrons. The van der Waals surface area contributed by atoms with Crippen molar-refractivity contribution >= 4 is 11.9 Å². The highest BCUT2D eigenvalue weighted by Crippen LogP contribution is 2.16. The largest absolute Gasteiger partial charge is 0.481 e. The molecular formula is C16H20N4O4. The zero-order valence-corrected chi connectivity index (χ0v) is 13.7. The SMILES string of the molecule is CC[C@](C)(CC(=O)O)NC(=O)CCc1nc(-c2ccccn2)no1. The van der Waals surface area contributed by atoms with Gasteiger partial charge in [0, 0.05) is 24.6 Å². The van der Waals surface area contributed by atoms with E-state index in [0.717, 1.165) is 0 Å². The van der Waals surface area contributed by atoms with Crippen molar-refractivity contribution in [3.05, 3.63) is 30.3 Å². The van der Waals surface area contributed by atoms with Gasteiger partial charge in [0.25, 0.3) is 0 Å². The Kier molecular flexibility index (Phi) is 5.62. The van der Waals surface area contributed by atoms with Gasteiger partial charge in [0.2, 0.25) is 17.6 Å².